The van der Waals surface area contributed by atoms with Gasteiger partial charge in [0.25, 0.3) is 0 Å². The number of carbonyl (C=O) groups is 1. The molecule has 2 aromatic carbocycles. The van der Waals surface area contributed by atoms with Crippen LogP contribution in [0.25, 0.3) is 16.9 Å². The van der Waals surface area contributed by atoms with Crippen LogP contribution < -0.4 is 0 Å². The van der Waals surface area contributed by atoms with E-state index >= 15 is 0 Å². The zero-order valence-corrected chi connectivity index (χ0v) is 12.9. The summed E-state index contributed by atoms with van der Waals surface area (Å²) in [7, 11) is 0. The third kappa shape index (κ3) is 3.79. The van der Waals surface area contributed by atoms with Crippen LogP contribution in [-0.2, 0) is 9.47 Å². The number of morpholine rings is 1. The Bertz CT molecular complexity index is 674. The topological polar surface area (TPSA) is 38.8 Å². The van der Waals surface area contributed by atoms with Gasteiger partial charge >= 0.3 is 6.09 Å². The molecular formula is C19H19NO3. The van der Waals surface area contributed by atoms with Gasteiger partial charge in [0, 0.05) is 18.7 Å². The summed E-state index contributed by atoms with van der Waals surface area (Å²) in [5, 5.41) is 0. The van der Waals surface area contributed by atoms with E-state index in [1.807, 2.05) is 42.5 Å². The number of rotatable bonds is 3. The molecular weight excluding hydrogens is 290 g/mol. The molecule has 0 aromatic heterocycles. The summed E-state index contributed by atoms with van der Waals surface area (Å²) in [5.74, 6) is 0.362. The van der Waals surface area contributed by atoms with Gasteiger partial charge in [-0.25, -0.2) is 4.79 Å². The van der Waals surface area contributed by atoms with Crippen LogP contribution in [0.15, 0.2) is 61.2 Å². The van der Waals surface area contributed by atoms with E-state index in [4.69, 9.17) is 9.47 Å². The van der Waals surface area contributed by atoms with Crippen LogP contribution in [-0.4, -0.2) is 37.3 Å². The third-order valence-electron chi connectivity index (χ3n) is 3.79. The fourth-order valence-electron chi connectivity index (χ4n) is 2.45. The number of carbonyl (C=O) groups excluding carboxylic acids is 1. The number of hydrogen-bond donors (Lipinski definition) is 0. The normalized spacial score (nSPS) is 14.3. The first-order chi connectivity index (χ1) is 11.2. The zero-order valence-electron chi connectivity index (χ0n) is 12.9. The average Bonchev–Trinajstić information content (AvgIpc) is 2.63. The molecule has 2 aromatic rings. The molecule has 0 radical (unpaired) electrons. The molecule has 1 saturated heterocycles. The van der Waals surface area contributed by atoms with Gasteiger partial charge in [-0.05, 0) is 11.1 Å². The number of hydrogen-bond acceptors (Lipinski definition) is 3. The van der Waals surface area contributed by atoms with Crippen molar-refractivity contribution in [3.63, 3.8) is 0 Å². The van der Waals surface area contributed by atoms with Gasteiger partial charge in [-0.15, -0.1) is 0 Å². The lowest BCUT2D eigenvalue weighted by molar-refractivity contribution is 0.0391. The van der Waals surface area contributed by atoms with Crippen molar-refractivity contribution < 1.29 is 14.3 Å². The van der Waals surface area contributed by atoms with Crippen molar-refractivity contribution in [1.82, 2.24) is 4.90 Å². The largest absolute Gasteiger partial charge is 0.415 e. The van der Waals surface area contributed by atoms with Crippen LogP contribution in [0.1, 0.15) is 5.56 Å². The molecule has 0 N–H and O–H groups in total. The quantitative estimate of drug-likeness (QED) is 0.810. The molecule has 1 aliphatic heterocycles. The third-order valence-corrected chi connectivity index (χ3v) is 3.79. The molecule has 1 heterocycles. The number of amides is 1. The average molecular weight is 309 g/mol. The predicted octanol–water partition coefficient (Wildman–Crippen LogP) is 3.79. The molecule has 0 unspecified atom stereocenters. The molecule has 0 saturated carbocycles. The molecule has 1 amide bonds. The van der Waals surface area contributed by atoms with E-state index in [1.54, 1.807) is 4.90 Å². The Labute approximate surface area is 135 Å². The van der Waals surface area contributed by atoms with Gasteiger partial charge in [0.05, 0.1) is 13.2 Å². The van der Waals surface area contributed by atoms with E-state index in [2.05, 4.69) is 18.7 Å². The Morgan fingerprint density at radius 2 is 1.57 bits per heavy atom. The highest BCUT2D eigenvalue weighted by Gasteiger charge is 2.19. The Kier molecular flexibility index (Phi) is 4.74. The van der Waals surface area contributed by atoms with Gasteiger partial charge in [0.15, 0.2) is 0 Å². The van der Waals surface area contributed by atoms with Crippen molar-refractivity contribution in [3.05, 3.63) is 66.7 Å². The molecule has 0 spiro atoms. The van der Waals surface area contributed by atoms with Crippen LogP contribution in [0.5, 0.6) is 0 Å². The van der Waals surface area contributed by atoms with Crippen LogP contribution >= 0.6 is 0 Å². The molecule has 4 heteroatoms. The molecule has 1 aliphatic rings. The highest BCUT2D eigenvalue weighted by Crippen LogP contribution is 2.22. The molecule has 1 fully saturated rings. The predicted molar refractivity (Wildman–Crippen MR) is 89.8 cm³/mol. The first-order valence-corrected chi connectivity index (χ1v) is 7.63. The van der Waals surface area contributed by atoms with Gasteiger partial charge in [0.2, 0.25) is 0 Å². The van der Waals surface area contributed by atoms with E-state index in [0.717, 1.165) is 16.7 Å². The number of ether oxygens (including phenoxy) is 2. The Balaban J connectivity index is 1.64. The zero-order chi connectivity index (χ0) is 16.1. The van der Waals surface area contributed by atoms with Crippen molar-refractivity contribution >= 4 is 11.9 Å². The maximum atomic E-state index is 12.1. The van der Waals surface area contributed by atoms with Crippen LogP contribution in [0.4, 0.5) is 4.79 Å². The highest BCUT2D eigenvalue weighted by molar-refractivity contribution is 5.77. The molecule has 3 rings (SSSR count). The van der Waals surface area contributed by atoms with Crippen molar-refractivity contribution in [2.45, 2.75) is 0 Å². The second-order valence-electron chi connectivity index (χ2n) is 5.33. The fourth-order valence-corrected chi connectivity index (χ4v) is 2.45. The fraction of sp³-hybridized carbons (Fsp3) is 0.211. The molecule has 0 aliphatic carbocycles. The van der Waals surface area contributed by atoms with E-state index in [-0.39, 0.29) is 6.09 Å². The highest BCUT2D eigenvalue weighted by atomic mass is 16.6. The van der Waals surface area contributed by atoms with Gasteiger partial charge < -0.3 is 14.4 Å². The SMILES string of the molecule is C=C(OC(=O)N1CCOCC1)c1ccc(-c2ccccc2)cc1. The maximum Gasteiger partial charge on any atom is 0.415 e. The van der Waals surface area contributed by atoms with Crippen molar-refractivity contribution in [3.8, 4) is 11.1 Å². The second kappa shape index (κ2) is 7.11. The number of benzene rings is 2. The summed E-state index contributed by atoms with van der Waals surface area (Å²) >= 11 is 0. The van der Waals surface area contributed by atoms with Gasteiger partial charge in [0.1, 0.15) is 5.76 Å². The molecule has 0 bridgehead atoms. The maximum absolute atomic E-state index is 12.1. The standard InChI is InChI=1S/C19H19NO3/c1-15(23-19(21)20-11-13-22-14-12-20)16-7-9-18(10-8-16)17-5-3-2-4-6-17/h2-10H,1,11-14H2. The summed E-state index contributed by atoms with van der Waals surface area (Å²) in [6.07, 6.45) is -0.370. The van der Waals surface area contributed by atoms with Crippen molar-refractivity contribution in [1.29, 1.82) is 0 Å². The van der Waals surface area contributed by atoms with Crippen molar-refractivity contribution in [2.24, 2.45) is 0 Å². The Morgan fingerprint density at radius 1 is 0.957 bits per heavy atom. The molecule has 118 valence electrons. The van der Waals surface area contributed by atoms with Crippen LogP contribution in [0.2, 0.25) is 0 Å². The minimum Gasteiger partial charge on any atom is -0.410 e. The molecule has 23 heavy (non-hydrogen) atoms. The van der Waals surface area contributed by atoms with Crippen LogP contribution in [0.3, 0.4) is 0 Å². The lowest BCUT2D eigenvalue weighted by atomic mass is 10.0. The lowest BCUT2D eigenvalue weighted by Gasteiger charge is -2.26. The minimum atomic E-state index is -0.370. The molecule has 0 atom stereocenters. The monoisotopic (exact) mass is 309 g/mol. The van der Waals surface area contributed by atoms with Gasteiger partial charge in [-0.1, -0.05) is 61.2 Å². The summed E-state index contributed by atoms with van der Waals surface area (Å²) in [5.41, 5.74) is 3.06. The van der Waals surface area contributed by atoms with E-state index in [1.165, 1.54) is 0 Å². The van der Waals surface area contributed by atoms with Crippen LogP contribution in [0, 0.1) is 0 Å². The van der Waals surface area contributed by atoms with Crippen molar-refractivity contribution in [2.75, 3.05) is 26.3 Å². The smallest absolute Gasteiger partial charge is 0.410 e. The van der Waals surface area contributed by atoms with E-state index in [0.29, 0.717) is 32.1 Å². The van der Waals surface area contributed by atoms with E-state index in [9.17, 15) is 4.79 Å². The van der Waals surface area contributed by atoms with E-state index < -0.39 is 0 Å². The molecule has 4 nitrogen and oxygen atoms in total. The second-order valence-corrected chi connectivity index (χ2v) is 5.33. The summed E-state index contributed by atoms with van der Waals surface area (Å²) in [6, 6.07) is 17.9. The van der Waals surface area contributed by atoms with Gasteiger partial charge in [-0.3, -0.25) is 0 Å². The summed E-state index contributed by atoms with van der Waals surface area (Å²) in [4.78, 5) is 13.7. The first kappa shape index (κ1) is 15.3. The lowest BCUT2D eigenvalue weighted by Crippen LogP contribution is -2.40. The number of nitrogens with zero attached hydrogens (tertiary/aromatic N) is 1. The Morgan fingerprint density at radius 3 is 2.22 bits per heavy atom. The Hall–Kier alpha value is -2.59. The minimum absolute atomic E-state index is 0.362. The first-order valence-electron chi connectivity index (χ1n) is 7.63. The summed E-state index contributed by atoms with van der Waals surface area (Å²) in [6.45, 7) is 6.07. The summed E-state index contributed by atoms with van der Waals surface area (Å²) < 4.78 is 10.6. The van der Waals surface area contributed by atoms with Gasteiger partial charge in [-0.2, -0.15) is 0 Å².